The van der Waals surface area contributed by atoms with Gasteiger partial charge in [0.25, 0.3) is 0 Å². The highest BCUT2D eigenvalue weighted by Crippen LogP contribution is 2.21. The molecule has 1 N–H and O–H groups in total. The lowest BCUT2D eigenvalue weighted by Crippen LogP contribution is -2.51. The number of hydrogen-bond donors (Lipinski definition) is 1. The van der Waals surface area contributed by atoms with Gasteiger partial charge in [-0.2, -0.15) is 0 Å². The third-order valence-corrected chi connectivity index (χ3v) is 4.50. The number of nitrogens with zero attached hydrogens (tertiary/aromatic N) is 2. The molecule has 2 aliphatic rings. The van der Waals surface area contributed by atoms with E-state index >= 15 is 0 Å². The predicted molar refractivity (Wildman–Crippen MR) is 84.3 cm³/mol. The molecule has 1 aliphatic carbocycles. The molecule has 0 amide bonds. The van der Waals surface area contributed by atoms with E-state index in [0.717, 1.165) is 32.6 Å². The summed E-state index contributed by atoms with van der Waals surface area (Å²) in [5.74, 6) is -0.0862. The van der Waals surface area contributed by atoms with Gasteiger partial charge in [0.2, 0.25) is 0 Å². The zero-order valence-corrected chi connectivity index (χ0v) is 13.8. The Bertz CT molecular complexity index is 333. The summed E-state index contributed by atoms with van der Waals surface area (Å²) in [4.78, 5) is 17.1. The highest BCUT2D eigenvalue weighted by Gasteiger charge is 2.32. The Labute approximate surface area is 129 Å². The number of rotatable bonds is 7. The third kappa shape index (κ3) is 5.24. The predicted octanol–water partition coefficient (Wildman–Crippen LogP) is 1.09. The van der Waals surface area contributed by atoms with Gasteiger partial charge < -0.3 is 15.0 Å². The number of carbonyl (C=O) groups excluding carboxylic acids is 1. The Balaban J connectivity index is 1.96. The van der Waals surface area contributed by atoms with E-state index in [4.69, 9.17) is 4.74 Å². The van der Waals surface area contributed by atoms with Crippen LogP contribution in [0.3, 0.4) is 0 Å². The first-order valence-electron chi connectivity index (χ1n) is 8.49. The van der Waals surface area contributed by atoms with Crippen molar-refractivity contribution in [1.82, 2.24) is 15.1 Å². The summed E-state index contributed by atoms with van der Waals surface area (Å²) in [5.41, 5.74) is 0. The van der Waals surface area contributed by atoms with Crippen LogP contribution in [0.1, 0.15) is 39.5 Å². The molecule has 1 aliphatic heterocycles. The highest BCUT2D eigenvalue weighted by molar-refractivity contribution is 5.76. The van der Waals surface area contributed by atoms with E-state index < -0.39 is 0 Å². The fraction of sp³-hybridized carbons (Fsp3) is 0.938. The molecule has 5 nitrogen and oxygen atoms in total. The standard InChI is InChI=1S/C16H31N3O2/c1-4-14-11-18(3)9-6-10-19(14)12-15(16(20)21-5-2)17-13-7-8-13/h13-15,17H,4-12H2,1-3H3. The number of hydrogen-bond acceptors (Lipinski definition) is 5. The second kappa shape index (κ2) is 8.11. The van der Waals surface area contributed by atoms with Crippen molar-refractivity contribution in [2.45, 2.75) is 57.7 Å². The van der Waals surface area contributed by atoms with Crippen LogP contribution in [0.5, 0.6) is 0 Å². The lowest BCUT2D eigenvalue weighted by Gasteiger charge is -2.32. The maximum absolute atomic E-state index is 12.2. The summed E-state index contributed by atoms with van der Waals surface area (Å²) >= 11 is 0. The summed E-state index contributed by atoms with van der Waals surface area (Å²) in [6, 6.07) is 0.888. The van der Waals surface area contributed by atoms with Gasteiger partial charge in [-0.05, 0) is 52.7 Å². The molecule has 1 saturated heterocycles. The van der Waals surface area contributed by atoms with Gasteiger partial charge in [-0.15, -0.1) is 0 Å². The van der Waals surface area contributed by atoms with Crippen molar-refractivity contribution in [2.24, 2.45) is 0 Å². The lowest BCUT2D eigenvalue weighted by molar-refractivity contribution is -0.146. The van der Waals surface area contributed by atoms with Crippen LogP contribution in [0, 0.1) is 0 Å². The summed E-state index contributed by atoms with van der Waals surface area (Å²) in [6.45, 7) is 8.67. The van der Waals surface area contributed by atoms with Crippen LogP contribution in [0.25, 0.3) is 0 Å². The summed E-state index contributed by atoms with van der Waals surface area (Å²) in [6.07, 6.45) is 4.68. The Morgan fingerprint density at radius 1 is 1.33 bits per heavy atom. The molecule has 21 heavy (non-hydrogen) atoms. The first-order valence-corrected chi connectivity index (χ1v) is 8.49. The minimum Gasteiger partial charge on any atom is -0.465 e. The molecular formula is C16H31N3O2. The van der Waals surface area contributed by atoms with E-state index in [2.05, 4.69) is 29.1 Å². The number of likely N-dealkylation sites (N-methyl/N-ethyl adjacent to an activating group) is 1. The van der Waals surface area contributed by atoms with Gasteiger partial charge in [0.1, 0.15) is 6.04 Å². The number of ether oxygens (including phenoxy) is 1. The molecule has 0 bridgehead atoms. The molecule has 0 aromatic carbocycles. The molecule has 2 atom stereocenters. The van der Waals surface area contributed by atoms with Crippen LogP contribution >= 0.6 is 0 Å². The first-order chi connectivity index (χ1) is 10.1. The Kier molecular flexibility index (Phi) is 6.45. The van der Waals surface area contributed by atoms with Crippen LogP contribution in [-0.4, -0.2) is 73.7 Å². The quantitative estimate of drug-likeness (QED) is 0.713. The fourth-order valence-corrected chi connectivity index (χ4v) is 3.13. The van der Waals surface area contributed by atoms with Crippen LogP contribution < -0.4 is 5.32 Å². The van der Waals surface area contributed by atoms with Crippen LogP contribution in [0.15, 0.2) is 0 Å². The second-order valence-electron chi connectivity index (χ2n) is 6.42. The van der Waals surface area contributed by atoms with Gasteiger partial charge in [-0.3, -0.25) is 9.69 Å². The Morgan fingerprint density at radius 2 is 2.10 bits per heavy atom. The van der Waals surface area contributed by atoms with Crippen molar-refractivity contribution < 1.29 is 9.53 Å². The minimum absolute atomic E-state index is 0.0862. The van der Waals surface area contributed by atoms with Crippen molar-refractivity contribution in [1.29, 1.82) is 0 Å². The molecule has 5 heteroatoms. The van der Waals surface area contributed by atoms with Gasteiger partial charge in [-0.25, -0.2) is 0 Å². The lowest BCUT2D eigenvalue weighted by atomic mass is 10.1. The van der Waals surface area contributed by atoms with Crippen molar-refractivity contribution in [2.75, 3.05) is 39.8 Å². The zero-order chi connectivity index (χ0) is 15.2. The van der Waals surface area contributed by atoms with E-state index in [9.17, 15) is 4.79 Å². The normalized spacial score (nSPS) is 26.3. The third-order valence-electron chi connectivity index (χ3n) is 4.50. The second-order valence-corrected chi connectivity index (χ2v) is 6.42. The van der Waals surface area contributed by atoms with Crippen molar-refractivity contribution in [3.05, 3.63) is 0 Å². The molecule has 0 spiro atoms. The average molecular weight is 297 g/mol. The first kappa shape index (κ1) is 16.7. The molecule has 122 valence electrons. The van der Waals surface area contributed by atoms with Crippen molar-refractivity contribution >= 4 is 5.97 Å². The van der Waals surface area contributed by atoms with Crippen LogP contribution in [0.2, 0.25) is 0 Å². The van der Waals surface area contributed by atoms with E-state index in [1.54, 1.807) is 0 Å². The van der Waals surface area contributed by atoms with Crippen LogP contribution in [0.4, 0.5) is 0 Å². The van der Waals surface area contributed by atoms with E-state index in [1.807, 2.05) is 6.92 Å². The maximum Gasteiger partial charge on any atom is 0.324 e. The van der Waals surface area contributed by atoms with E-state index in [1.165, 1.54) is 19.3 Å². The Hall–Kier alpha value is -0.650. The minimum atomic E-state index is -0.171. The van der Waals surface area contributed by atoms with Crippen molar-refractivity contribution in [3.63, 3.8) is 0 Å². The molecule has 0 radical (unpaired) electrons. The molecule has 2 unspecified atom stereocenters. The monoisotopic (exact) mass is 297 g/mol. The summed E-state index contributed by atoms with van der Waals surface area (Å²) in [7, 11) is 2.19. The topological polar surface area (TPSA) is 44.8 Å². The van der Waals surface area contributed by atoms with Crippen LogP contribution in [-0.2, 0) is 9.53 Å². The largest absolute Gasteiger partial charge is 0.465 e. The maximum atomic E-state index is 12.2. The molecular weight excluding hydrogens is 266 g/mol. The smallest absolute Gasteiger partial charge is 0.324 e. The number of nitrogens with one attached hydrogen (secondary N) is 1. The molecule has 2 rings (SSSR count). The summed E-state index contributed by atoms with van der Waals surface area (Å²) < 4.78 is 5.26. The van der Waals surface area contributed by atoms with Crippen molar-refractivity contribution in [3.8, 4) is 0 Å². The summed E-state index contributed by atoms with van der Waals surface area (Å²) in [5, 5.41) is 3.47. The molecule has 0 aromatic rings. The van der Waals surface area contributed by atoms with Gasteiger partial charge >= 0.3 is 5.97 Å². The van der Waals surface area contributed by atoms with Gasteiger partial charge in [0, 0.05) is 25.2 Å². The number of esters is 1. The molecule has 1 saturated carbocycles. The van der Waals surface area contributed by atoms with Gasteiger partial charge in [0.05, 0.1) is 6.61 Å². The highest BCUT2D eigenvalue weighted by atomic mass is 16.5. The van der Waals surface area contributed by atoms with Gasteiger partial charge in [-0.1, -0.05) is 6.92 Å². The molecule has 0 aromatic heterocycles. The SMILES string of the molecule is CCOC(=O)C(CN1CCCN(C)CC1CC)NC1CC1. The molecule has 1 heterocycles. The van der Waals surface area contributed by atoms with E-state index in [-0.39, 0.29) is 12.0 Å². The average Bonchev–Trinajstić information content (AvgIpc) is 3.27. The van der Waals surface area contributed by atoms with E-state index in [0.29, 0.717) is 18.7 Å². The fourth-order valence-electron chi connectivity index (χ4n) is 3.13. The zero-order valence-electron chi connectivity index (χ0n) is 13.8. The Morgan fingerprint density at radius 3 is 2.71 bits per heavy atom. The van der Waals surface area contributed by atoms with Gasteiger partial charge in [0.15, 0.2) is 0 Å². The number of carbonyl (C=O) groups is 1. The molecule has 2 fully saturated rings.